The zero-order chi connectivity index (χ0) is 20.3. The standard InChI is InChI=1S/C20H19BrO7/c1-23-15-8-12(13(21)9-16(15)24-2)14(22)6-5-11-7-17-19(28-10-27-17)20(26-4)18(11)25-3/h5-9H,10H2,1-4H3. The minimum atomic E-state index is -0.230. The Morgan fingerprint density at radius 3 is 2.29 bits per heavy atom. The number of fused-ring (bicyclic) bond motifs is 1. The van der Waals surface area contributed by atoms with Crippen LogP contribution in [0.2, 0.25) is 0 Å². The van der Waals surface area contributed by atoms with Gasteiger partial charge in [-0.1, -0.05) is 0 Å². The fourth-order valence-electron chi connectivity index (χ4n) is 2.83. The topological polar surface area (TPSA) is 72.5 Å². The van der Waals surface area contributed by atoms with Gasteiger partial charge in [-0.05, 0) is 46.3 Å². The summed E-state index contributed by atoms with van der Waals surface area (Å²) in [5.74, 6) is 2.62. The van der Waals surface area contributed by atoms with Gasteiger partial charge in [0.05, 0.1) is 28.4 Å². The first-order chi connectivity index (χ1) is 13.5. The van der Waals surface area contributed by atoms with Crippen molar-refractivity contribution in [1.82, 2.24) is 0 Å². The highest BCUT2D eigenvalue weighted by Crippen LogP contribution is 2.49. The molecule has 0 unspecified atom stereocenters. The highest BCUT2D eigenvalue weighted by Gasteiger charge is 2.25. The van der Waals surface area contributed by atoms with E-state index in [-0.39, 0.29) is 12.6 Å². The second-order valence-electron chi connectivity index (χ2n) is 5.65. The normalized spacial score (nSPS) is 12.2. The number of methoxy groups -OCH3 is 4. The smallest absolute Gasteiger partial charge is 0.231 e. The molecule has 148 valence electrons. The maximum Gasteiger partial charge on any atom is 0.231 e. The van der Waals surface area contributed by atoms with Crippen LogP contribution in [-0.4, -0.2) is 41.0 Å². The monoisotopic (exact) mass is 450 g/mol. The molecule has 28 heavy (non-hydrogen) atoms. The van der Waals surface area contributed by atoms with Gasteiger partial charge < -0.3 is 28.4 Å². The summed E-state index contributed by atoms with van der Waals surface area (Å²) in [7, 11) is 6.08. The minimum absolute atomic E-state index is 0.0968. The minimum Gasteiger partial charge on any atom is -0.493 e. The van der Waals surface area contributed by atoms with E-state index in [0.717, 1.165) is 0 Å². The molecule has 0 bridgehead atoms. The van der Waals surface area contributed by atoms with E-state index >= 15 is 0 Å². The molecule has 1 aliphatic rings. The van der Waals surface area contributed by atoms with Crippen LogP contribution in [-0.2, 0) is 0 Å². The summed E-state index contributed by atoms with van der Waals surface area (Å²) >= 11 is 3.40. The van der Waals surface area contributed by atoms with Gasteiger partial charge in [-0.25, -0.2) is 0 Å². The molecule has 0 N–H and O–H groups in total. The van der Waals surface area contributed by atoms with E-state index in [4.69, 9.17) is 28.4 Å². The molecule has 0 fully saturated rings. The number of ketones is 1. The van der Waals surface area contributed by atoms with E-state index in [1.54, 1.807) is 24.3 Å². The maximum absolute atomic E-state index is 12.8. The Kier molecular flexibility index (Phi) is 5.99. The van der Waals surface area contributed by atoms with Crippen molar-refractivity contribution in [2.24, 2.45) is 0 Å². The van der Waals surface area contributed by atoms with Crippen molar-refractivity contribution in [3.05, 3.63) is 39.9 Å². The molecule has 0 radical (unpaired) electrons. The Balaban J connectivity index is 1.98. The molecular weight excluding hydrogens is 432 g/mol. The number of carbonyl (C=O) groups is 1. The van der Waals surface area contributed by atoms with Crippen LogP contribution in [0, 0.1) is 0 Å². The summed E-state index contributed by atoms with van der Waals surface area (Å²) in [6.45, 7) is 0.0968. The van der Waals surface area contributed by atoms with Crippen LogP contribution in [0.4, 0.5) is 0 Å². The van der Waals surface area contributed by atoms with Crippen molar-refractivity contribution in [2.45, 2.75) is 0 Å². The Morgan fingerprint density at radius 1 is 0.964 bits per heavy atom. The van der Waals surface area contributed by atoms with Crippen LogP contribution in [0.1, 0.15) is 15.9 Å². The molecule has 0 aliphatic carbocycles. The zero-order valence-corrected chi connectivity index (χ0v) is 17.4. The Labute approximate surface area is 170 Å². The summed E-state index contributed by atoms with van der Waals surface area (Å²) in [5, 5.41) is 0. The van der Waals surface area contributed by atoms with Crippen LogP contribution >= 0.6 is 15.9 Å². The summed E-state index contributed by atoms with van der Waals surface area (Å²) < 4.78 is 32.8. The number of benzene rings is 2. The van der Waals surface area contributed by atoms with Crippen molar-refractivity contribution >= 4 is 27.8 Å². The van der Waals surface area contributed by atoms with E-state index < -0.39 is 0 Å². The molecular formula is C20H19BrO7. The van der Waals surface area contributed by atoms with Gasteiger partial charge in [0.25, 0.3) is 0 Å². The highest BCUT2D eigenvalue weighted by molar-refractivity contribution is 9.10. The Morgan fingerprint density at radius 2 is 1.64 bits per heavy atom. The second kappa shape index (κ2) is 8.43. The third kappa shape index (κ3) is 3.60. The zero-order valence-electron chi connectivity index (χ0n) is 15.8. The molecule has 2 aromatic carbocycles. The van der Waals surface area contributed by atoms with E-state index in [9.17, 15) is 4.79 Å². The molecule has 1 heterocycles. The lowest BCUT2D eigenvalue weighted by Crippen LogP contribution is -2.00. The van der Waals surface area contributed by atoms with Gasteiger partial charge in [0.15, 0.2) is 28.8 Å². The number of allylic oxidation sites excluding steroid dienone is 1. The van der Waals surface area contributed by atoms with E-state index in [0.29, 0.717) is 50.1 Å². The lowest BCUT2D eigenvalue weighted by Gasteiger charge is -2.13. The number of hydrogen-bond acceptors (Lipinski definition) is 7. The van der Waals surface area contributed by atoms with Gasteiger partial charge in [0.1, 0.15) is 0 Å². The van der Waals surface area contributed by atoms with E-state index in [1.165, 1.54) is 34.5 Å². The fraction of sp³-hybridized carbons (Fsp3) is 0.250. The lowest BCUT2D eigenvalue weighted by atomic mass is 10.1. The largest absolute Gasteiger partial charge is 0.493 e. The van der Waals surface area contributed by atoms with Crippen LogP contribution in [0.15, 0.2) is 28.7 Å². The molecule has 0 atom stereocenters. The summed E-state index contributed by atoms with van der Waals surface area (Å²) in [5.41, 5.74) is 1.05. The molecule has 0 spiro atoms. The van der Waals surface area contributed by atoms with E-state index in [2.05, 4.69) is 15.9 Å². The first kappa shape index (κ1) is 19.9. The molecule has 2 aromatic rings. The van der Waals surface area contributed by atoms with Gasteiger partial charge in [0.2, 0.25) is 18.3 Å². The van der Waals surface area contributed by atoms with Crippen molar-refractivity contribution in [3.8, 4) is 34.5 Å². The van der Waals surface area contributed by atoms with E-state index in [1.807, 2.05) is 0 Å². The quantitative estimate of drug-likeness (QED) is 0.464. The third-order valence-electron chi connectivity index (χ3n) is 4.16. The molecule has 0 aromatic heterocycles. The van der Waals surface area contributed by atoms with Gasteiger partial charge in [-0.2, -0.15) is 0 Å². The highest BCUT2D eigenvalue weighted by atomic mass is 79.9. The van der Waals surface area contributed by atoms with Crippen LogP contribution in [0.5, 0.6) is 34.5 Å². The Hall–Kier alpha value is -2.87. The summed E-state index contributed by atoms with van der Waals surface area (Å²) in [4.78, 5) is 12.8. The summed E-state index contributed by atoms with van der Waals surface area (Å²) in [6.07, 6.45) is 3.07. The molecule has 1 aliphatic heterocycles. The number of halogens is 1. The van der Waals surface area contributed by atoms with Crippen molar-refractivity contribution < 1.29 is 33.2 Å². The predicted octanol–water partition coefficient (Wildman–Crippen LogP) is 4.11. The van der Waals surface area contributed by atoms with Crippen molar-refractivity contribution in [2.75, 3.05) is 35.2 Å². The van der Waals surface area contributed by atoms with Gasteiger partial charge >= 0.3 is 0 Å². The van der Waals surface area contributed by atoms with Crippen molar-refractivity contribution in [3.63, 3.8) is 0 Å². The molecule has 0 amide bonds. The average molecular weight is 451 g/mol. The molecule has 0 saturated carbocycles. The summed E-state index contributed by atoms with van der Waals surface area (Å²) in [6, 6.07) is 5.04. The second-order valence-corrected chi connectivity index (χ2v) is 6.51. The average Bonchev–Trinajstić information content (AvgIpc) is 3.18. The first-order valence-electron chi connectivity index (χ1n) is 8.22. The number of ether oxygens (including phenoxy) is 6. The van der Waals surface area contributed by atoms with Crippen LogP contribution < -0.4 is 28.4 Å². The van der Waals surface area contributed by atoms with Gasteiger partial charge in [0, 0.05) is 15.6 Å². The Bertz CT molecular complexity index is 937. The maximum atomic E-state index is 12.8. The number of rotatable bonds is 7. The fourth-order valence-corrected chi connectivity index (χ4v) is 3.35. The molecule has 0 saturated heterocycles. The van der Waals surface area contributed by atoms with Crippen LogP contribution in [0.25, 0.3) is 6.08 Å². The predicted molar refractivity (Wildman–Crippen MR) is 106 cm³/mol. The van der Waals surface area contributed by atoms with Gasteiger partial charge in [-0.3, -0.25) is 4.79 Å². The molecule has 8 heteroatoms. The van der Waals surface area contributed by atoms with Gasteiger partial charge in [-0.15, -0.1) is 0 Å². The first-order valence-corrected chi connectivity index (χ1v) is 9.01. The lowest BCUT2D eigenvalue weighted by molar-refractivity contribution is 0.104. The SMILES string of the molecule is COc1cc(Br)c(C(=O)C=Cc2cc3c(c(OC)c2OC)OCO3)cc1OC. The number of carbonyl (C=O) groups excluding carboxylic acids is 1. The van der Waals surface area contributed by atoms with Crippen LogP contribution in [0.3, 0.4) is 0 Å². The molecule has 7 nitrogen and oxygen atoms in total. The molecule has 3 rings (SSSR count). The number of hydrogen-bond donors (Lipinski definition) is 0. The van der Waals surface area contributed by atoms with Crippen molar-refractivity contribution in [1.29, 1.82) is 0 Å². The third-order valence-corrected chi connectivity index (χ3v) is 4.82.